The average molecular weight is 166 g/mol. The number of nitrogens with one attached hydrogen (secondary N) is 2. The minimum Gasteiger partial charge on any atom is -0.429 e. The van der Waals surface area contributed by atoms with Gasteiger partial charge in [-0.05, 0) is 12.1 Å². The van der Waals surface area contributed by atoms with E-state index in [4.69, 9.17) is 0 Å². The molecule has 1 saturated heterocycles. The zero-order valence-electron chi connectivity index (χ0n) is 6.03. The van der Waals surface area contributed by atoms with Crippen LogP contribution in [0.5, 0.6) is 0 Å². The molecule has 2 heterocycles. The molecule has 1 aliphatic heterocycles. The van der Waals surface area contributed by atoms with Crippen LogP contribution < -0.4 is 5.32 Å². The molecule has 2 N–H and O–H groups in total. The van der Waals surface area contributed by atoms with Gasteiger partial charge in [0.25, 0.3) is 5.91 Å². The van der Waals surface area contributed by atoms with Gasteiger partial charge in [0, 0.05) is 6.20 Å². The second-order valence-corrected chi connectivity index (χ2v) is 2.40. The molecular formula is C7H6N2O3. The number of aromatic amines is 1. The van der Waals surface area contributed by atoms with E-state index >= 15 is 0 Å². The van der Waals surface area contributed by atoms with Crippen LogP contribution in [-0.2, 0) is 9.53 Å². The van der Waals surface area contributed by atoms with E-state index in [1.165, 1.54) is 0 Å². The van der Waals surface area contributed by atoms with Crippen molar-refractivity contribution in [2.45, 2.75) is 6.10 Å². The summed E-state index contributed by atoms with van der Waals surface area (Å²) in [5.41, 5.74) is 0.582. The number of cyclic esters (lactones) is 1. The third-order valence-electron chi connectivity index (χ3n) is 1.59. The van der Waals surface area contributed by atoms with Crippen LogP contribution in [0.4, 0.5) is 4.79 Å². The lowest BCUT2D eigenvalue weighted by molar-refractivity contribution is -0.123. The largest absolute Gasteiger partial charge is 0.429 e. The number of H-pyrrole nitrogens is 1. The van der Waals surface area contributed by atoms with Crippen LogP contribution in [0.1, 0.15) is 11.8 Å². The second-order valence-electron chi connectivity index (χ2n) is 2.40. The van der Waals surface area contributed by atoms with Crippen molar-refractivity contribution < 1.29 is 14.3 Å². The Kier molecular flexibility index (Phi) is 1.36. The van der Waals surface area contributed by atoms with Gasteiger partial charge in [-0.25, -0.2) is 4.79 Å². The molecule has 0 spiro atoms. The molecule has 12 heavy (non-hydrogen) atoms. The summed E-state index contributed by atoms with van der Waals surface area (Å²) in [6.45, 7) is 0. The predicted octanol–water partition coefficient (Wildman–Crippen LogP) is 0.322. The SMILES string of the molecule is O=C1NC(=O)C(c2ccc[nH]2)O1. The first-order chi connectivity index (χ1) is 5.77. The molecular weight excluding hydrogens is 160 g/mol. The Bertz CT molecular complexity index is 317. The van der Waals surface area contributed by atoms with E-state index in [0.717, 1.165) is 0 Å². The van der Waals surface area contributed by atoms with Crippen molar-refractivity contribution in [1.29, 1.82) is 0 Å². The predicted molar refractivity (Wildman–Crippen MR) is 38.2 cm³/mol. The zero-order chi connectivity index (χ0) is 8.55. The fourth-order valence-electron chi connectivity index (χ4n) is 1.07. The van der Waals surface area contributed by atoms with Crippen LogP contribution in [-0.4, -0.2) is 17.0 Å². The molecule has 2 amide bonds. The normalized spacial score (nSPS) is 22.2. The minimum absolute atomic E-state index is 0.428. The van der Waals surface area contributed by atoms with Gasteiger partial charge in [0.2, 0.25) is 6.10 Å². The minimum atomic E-state index is -0.813. The Hall–Kier alpha value is -1.78. The molecule has 1 aromatic heterocycles. The van der Waals surface area contributed by atoms with Crippen molar-refractivity contribution in [2.75, 3.05) is 0 Å². The van der Waals surface area contributed by atoms with Gasteiger partial charge in [0.15, 0.2) is 0 Å². The summed E-state index contributed by atoms with van der Waals surface area (Å²) >= 11 is 0. The molecule has 1 fully saturated rings. The molecule has 5 nitrogen and oxygen atoms in total. The van der Waals surface area contributed by atoms with E-state index in [0.29, 0.717) is 5.69 Å². The number of hydrogen-bond acceptors (Lipinski definition) is 3. The van der Waals surface area contributed by atoms with Crippen molar-refractivity contribution in [2.24, 2.45) is 0 Å². The monoisotopic (exact) mass is 166 g/mol. The molecule has 1 unspecified atom stereocenters. The van der Waals surface area contributed by atoms with Crippen LogP contribution >= 0.6 is 0 Å². The molecule has 1 aromatic rings. The Morgan fingerprint density at radius 3 is 2.75 bits per heavy atom. The number of amides is 2. The topological polar surface area (TPSA) is 71.2 Å². The third kappa shape index (κ3) is 0.952. The fraction of sp³-hybridized carbons (Fsp3) is 0.143. The molecule has 0 bridgehead atoms. The number of alkyl carbamates (subject to hydrolysis) is 1. The molecule has 0 radical (unpaired) electrons. The Morgan fingerprint density at radius 1 is 1.42 bits per heavy atom. The summed E-state index contributed by atoms with van der Waals surface area (Å²) in [6, 6.07) is 3.41. The summed E-state index contributed by atoms with van der Waals surface area (Å²) in [7, 11) is 0. The smallest absolute Gasteiger partial charge is 0.415 e. The molecule has 1 aliphatic rings. The summed E-state index contributed by atoms with van der Waals surface area (Å²) < 4.78 is 4.69. The van der Waals surface area contributed by atoms with Gasteiger partial charge in [-0.1, -0.05) is 0 Å². The number of rotatable bonds is 1. The maximum Gasteiger partial charge on any atom is 0.415 e. The van der Waals surface area contributed by atoms with E-state index in [1.807, 2.05) is 5.32 Å². The molecule has 1 atom stereocenters. The van der Waals surface area contributed by atoms with Crippen molar-refractivity contribution in [3.8, 4) is 0 Å². The van der Waals surface area contributed by atoms with Gasteiger partial charge in [0.1, 0.15) is 0 Å². The quantitative estimate of drug-likeness (QED) is 0.631. The molecule has 0 aliphatic carbocycles. The first-order valence-corrected chi connectivity index (χ1v) is 3.42. The van der Waals surface area contributed by atoms with E-state index in [2.05, 4.69) is 9.72 Å². The highest BCUT2D eigenvalue weighted by atomic mass is 16.6. The maximum atomic E-state index is 11.0. The van der Waals surface area contributed by atoms with E-state index in [-0.39, 0.29) is 0 Å². The van der Waals surface area contributed by atoms with Gasteiger partial charge in [-0.15, -0.1) is 0 Å². The Balaban J connectivity index is 2.26. The van der Waals surface area contributed by atoms with Crippen LogP contribution in [0.3, 0.4) is 0 Å². The first-order valence-electron chi connectivity index (χ1n) is 3.42. The highest BCUT2D eigenvalue weighted by Gasteiger charge is 2.33. The number of aromatic nitrogens is 1. The second kappa shape index (κ2) is 2.37. The fourth-order valence-corrected chi connectivity index (χ4v) is 1.07. The van der Waals surface area contributed by atoms with E-state index in [9.17, 15) is 9.59 Å². The molecule has 2 rings (SSSR count). The number of carbonyl (C=O) groups is 2. The van der Waals surface area contributed by atoms with E-state index < -0.39 is 18.1 Å². The van der Waals surface area contributed by atoms with Crippen LogP contribution in [0, 0.1) is 0 Å². The lowest BCUT2D eigenvalue weighted by Gasteiger charge is -2.01. The highest BCUT2D eigenvalue weighted by Crippen LogP contribution is 2.19. The third-order valence-corrected chi connectivity index (χ3v) is 1.59. The first kappa shape index (κ1) is 6.90. The van der Waals surface area contributed by atoms with Crippen molar-refractivity contribution in [3.05, 3.63) is 24.0 Å². The van der Waals surface area contributed by atoms with Gasteiger partial charge >= 0.3 is 6.09 Å². The Morgan fingerprint density at radius 2 is 2.25 bits per heavy atom. The summed E-state index contributed by atoms with van der Waals surface area (Å²) in [5, 5.41) is 2.04. The number of hydrogen-bond donors (Lipinski definition) is 2. The lowest BCUT2D eigenvalue weighted by Crippen LogP contribution is -2.20. The van der Waals surface area contributed by atoms with Gasteiger partial charge in [-0.2, -0.15) is 0 Å². The van der Waals surface area contributed by atoms with Crippen molar-refractivity contribution in [1.82, 2.24) is 10.3 Å². The molecule has 0 aromatic carbocycles. The summed E-state index contributed by atoms with van der Waals surface area (Å²) in [5.74, 6) is -0.428. The van der Waals surface area contributed by atoms with Gasteiger partial charge in [-0.3, -0.25) is 10.1 Å². The van der Waals surface area contributed by atoms with Crippen LogP contribution in [0.25, 0.3) is 0 Å². The summed E-state index contributed by atoms with van der Waals surface area (Å²) in [6.07, 6.45) is 0.154. The number of imide groups is 1. The van der Waals surface area contributed by atoms with Gasteiger partial charge in [0.05, 0.1) is 5.69 Å². The number of ether oxygens (including phenoxy) is 1. The highest BCUT2D eigenvalue weighted by molar-refractivity contribution is 6.00. The van der Waals surface area contributed by atoms with E-state index in [1.54, 1.807) is 18.3 Å². The van der Waals surface area contributed by atoms with Crippen molar-refractivity contribution >= 4 is 12.0 Å². The maximum absolute atomic E-state index is 11.0. The molecule has 5 heteroatoms. The molecule has 0 saturated carbocycles. The van der Waals surface area contributed by atoms with Crippen LogP contribution in [0.15, 0.2) is 18.3 Å². The van der Waals surface area contributed by atoms with Gasteiger partial charge < -0.3 is 9.72 Å². The standard InChI is InChI=1S/C7H6N2O3/c10-6-5(12-7(11)9-6)4-2-1-3-8-4/h1-3,5,8H,(H,9,10,11). The van der Waals surface area contributed by atoms with Crippen molar-refractivity contribution in [3.63, 3.8) is 0 Å². The zero-order valence-corrected chi connectivity index (χ0v) is 6.03. The van der Waals surface area contributed by atoms with Crippen LogP contribution in [0.2, 0.25) is 0 Å². The summed E-state index contributed by atoms with van der Waals surface area (Å²) in [4.78, 5) is 24.4. The lowest BCUT2D eigenvalue weighted by atomic mass is 10.2. The molecule has 62 valence electrons. The Labute approximate surface area is 67.7 Å². The average Bonchev–Trinajstić information content (AvgIpc) is 2.58. The number of carbonyl (C=O) groups excluding carboxylic acids is 2.